The molecule has 0 radical (unpaired) electrons. The molecule has 4 nitrogen and oxygen atoms in total. The normalized spacial score (nSPS) is 15.1. The summed E-state index contributed by atoms with van der Waals surface area (Å²) in [6, 6.07) is 14.2. The van der Waals surface area contributed by atoms with Crippen LogP contribution in [-0.2, 0) is 24.2 Å². The molecule has 2 aliphatic heterocycles. The number of carbonyl (C=O) groups excluding carboxylic acids is 1. The second-order valence-corrected chi connectivity index (χ2v) is 7.52. The maximum absolute atomic E-state index is 11.4. The Labute approximate surface area is 207 Å². The Morgan fingerprint density at radius 1 is 1.00 bits per heavy atom. The van der Waals surface area contributed by atoms with Crippen LogP contribution in [0.2, 0.25) is 0 Å². The van der Waals surface area contributed by atoms with E-state index in [0.29, 0.717) is 5.82 Å². The Hall–Kier alpha value is -3.45. The van der Waals surface area contributed by atoms with Gasteiger partial charge in [0.1, 0.15) is 0 Å². The average Bonchev–Trinajstić information content (AvgIpc) is 3.36. The molecule has 2 heterocycles. The fourth-order valence-corrected chi connectivity index (χ4v) is 3.43. The van der Waals surface area contributed by atoms with E-state index in [1.807, 2.05) is 45.9 Å². The monoisotopic (exact) mass is 459 g/mol. The SMILES string of the molecule is C=C1NC(=O)C(C#Cc2cccc(CC)c2)N1.C=C1c2cc(CC)ccc2CN1C.CC.CC. The van der Waals surface area contributed by atoms with Crippen LogP contribution in [-0.4, -0.2) is 23.9 Å². The minimum atomic E-state index is -0.493. The molecular weight excluding hydrogens is 418 g/mol. The van der Waals surface area contributed by atoms with E-state index < -0.39 is 6.04 Å². The molecule has 2 aromatic carbocycles. The van der Waals surface area contributed by atoms with Crippen LogP contribution in [0.25, 0.3) is 5.70 Å². The van der Waals surface area contributed by atoms with E-state index >= 15 is 0 Å². The summed E-state index contributed by atoms with van der Waals surface area (Å²) in [4.78, 5) is 13.6. The molecule has 1 amide bonds. The van der Waals surface area contributed by atoms with E-state index in [1.54, 1.807) is 0 Å². The van der Waals surface area contributed by atoms with Crippen molar-refractivity contribution in [2.45, 2.75) is 67.0 Å². The number of amides is 1. The molecule has 2 aromatic rings. The summed E-state index contributed by atoms with van der Waals surface area (Å²) in [5.74, 6) is 6.26. The lowest BCUT2D eigenvalue weighted by Crippen LogP contribution is -2.26. The minimum absolute atomic E-state index is 0.144. The fraction of sp³-hybridized carbons (Fsp3) is 0.367. The third-order valence-corrected chi connectivity index (χ3v) is 5.31. The minimum Gasteiger partial charge on any atom is -0.370 e. The highest BCUT2D eigenvalue weighted by Crippen LogP contribution is 2.30. The number of aryl methyl sites for hydroxylation is 2. The van der Waals surface area contributed by atoms with Gasteiger partial charge in [-0.15, -0.1) is 0 Å². The highest BCUT2D eigenvalue weighted by Gasteiger charge is 2.23. The molecule has 182 valence electrons. The summed E-state index contributed by atoms with van der Waals surface area (Å²) >= 11 is 0. The highest BCUT2D eigenvalue weighted by molar-refractivity contribution is 5.89. The van der Waals surface area contributed by atoms with Crippen molar-refractivity contribution in [2.24, 2.45) is 0 Å². The fourth-order valence-electron chi connectivity index (χ4n) is 3.43. The van der Waals surface area contributed by atoms with Crippen molar-refractivity contribution in [1.82, 2.24) is 15.5 Å². The molecule has 2 N–H and O–H groups in total. The van der Waals surface area contributed by atoms with Gasteiger partial charge in [-0.2, -0.15) is 0 Å². The van der Waals surface area contributed by atoms with Gasteiger partial charge in [0.25, 0.3) is 5.91 Å². The van der Waals surface area contributed by atoms with Gasteiger partial charge >= 0.3 is 0 Å². The number of hydrogen-bond acceptors (Lipinski definition) is 3. The van der Waals surface area contributed by atoms with E-state index in [1.165, 1.54) is 22.3 Å². The summed E-state index contributed by atoms with van der Waals surface area (Å²) in [6.07, 6.45) is 2.08. The molecule has 4 rings (SSSR count). The number of nitrogens with zero attached hydrogens (tertiary/aromatic N) is 1. The van der Waals surface area contributed by atoms with Crippen LogP contribution < -0.4 is 10.6 Å². The van der Waals surface area contributed by atoms with Crippen molar-refractivity contribution < 1.29 is 4.79 Å². The molecular formula is C30H41N3O. The van der Waals surface area contributed by atoms with Crippen molar-refractivity contribution in [2.75, 3.05) is 7.05 Å². The molecule has 0 bridgehead atoms. The van der Waals surface area contributed by atoms with E-state index in [0.717, 1.165) is 30.6 Å². The Morgan fingerprint density at radius 3 is 2.24 bits per heavy atom. The largest absolute Gasteiger partial charge is 0.370 e. The first kappa shape index (κ1) is 28.6. The van der Waals surface area contributed by atoms with Crippen LogP contribution >= 0.6 is 0 Å². The van der Waals surface area contributed by atoms with Crippen LogP contribution in [0.5, 0.6) is 0 Å². The van der Waals surface area contributed by atoms with Crippen molar-refractivity contribution in [3.63, 3.8) is 0 Å². The maximum Gasteiger partial charge on any atom is 0.260 e. The van der Waals surface area contributed by atoms with Crippen molar-refractivity contribution in [3.05, 3.63) is 89.3 Å². The van der Waals surface area contributed by atoms with Crippen LogP contribution in [0.3, 0.4) is 0 Å². The van der Waals surface area contributed by atoms with Gasteiger partial charge in [0, 0.05) is 30.4 Å². The zero-order valence-electron chi connectivity index (χ0n) is 22.0. The molecule has 34 heavy (non-hydrogen) atoms. The molecule has 4 heteroatoms. The number of fused-ring (bicyclic) bond motifs is 1. The lowest BCUT2D eigenvalue weighted by molar-refractivity contribution is -0.119. The summed E-state index contributed by atoms with van der Waals surface area (Å²) < 4.78 is 0. The summed E-state index contributed by atoms with van der Waals surface area (Å²) in [5, 5.41) is 5.45. The quantitative estimate of drug-likeness (QED) is 0.552. The second-order valence-electron chi connectivity index (χ2n) is 7.52. The predicted molar refractivity (Wildman–Crippen MR) is 146 cm³/mol. The van der Waals surface area contributed by atoms with Gasteiger partial charge in [-0.05, 0) is 47.7 Å². The zero-order chi connectivity index (χ0) is 25.7. The lowest BCUT2D eigenvalue weighted by atomic mass is 10.0. The molecule has 0 saturated carbocycles. The average molecular weight is 460 g/mol. The van der Waals surface area contributed by atoms with Gasteiger partial charge < -0.3 is 15.5 Å². The topological polar surface area (TPSA) is 44.4 Å². The van der Waals surface area contributed by atoms with E-state index in [9.17, 15) is 4.79 Å². The number of benzene rings is 2. The molecule has 1 atom stereocenters. The Morgan fingerprint density at radius 2 is 1.65 bits per heavy atom. The lowest BCUT2D eigenvalue weighted by Gasteiger charge is -2.10. The summed E-state index contributed by atoms with van der Waals surface area (Å²) in [5.41, 5.74) is 7.47. The van der Waals surface area contributed by atoms with Crippen LogP contribution in [0.1, 0.15) is 69.4 Å². The van der Waals surface area contributed by atoms with Gasteiger partial charge in [0.15, 0.2) is 6.04 Å². The van der Waals surface area contributed by atoms with Crippen molar-refractivity contribution in [3.8, 4) is 11.8 Å². The van der Waals surface area contributed by atoms with Gasteiger partial charge in [0.05, 0.1) is 5.82 Å². The number of hydrogen-bond donors (Lipinski definition) is 2. The first-order chi connectivity index (χ1) is 16.4. The summed E-state index contributed by atoms with van der Waals surface area (Å²) in [6.45, 7) is 21.0. The van der Waals surface area contributed by atoms with E-state index in [-0.39, 0.29) is 5.91 Å². The smallest absolute Gasteiger partial charge is 0.260 e. The van der Waals surface area contributed by atoms with Crippen molar-refractivity contribution >= 4 is 11.6 Å². The molecule has 0 aliphatic carbocycles. The molecule has 2 aliphatic rings. The highest BCUT2D eigenvalue weighted by atomic mass is 16.2. The van der Waals surface area contributed by atoms with Crippen molar-refractivity contribution in [1.29, 1.82) is 0 Å². The third-order valence-electron chi connectivity index (χ3n) is 5.31. The first-order valence-electron chi connectivity index (χ1n) is 12.3. The number of nitrogens with one attached hydrogen (secondary N) is 2. The molecule has 1 unspecified atom stereocenters. The number of carbonyl (C=O) groups is 1. The molecule has 1 fully saturated rings. The van der Waals surface area contributed by atoms with Crippen LogP contribution in [0.15, 0.2) is 61.4 Å². The van der Waals surface area contributed by atoms with Gasteiger partial charge in [-0.3, -0.25) is 4.79 Å². The molecule has 1 saturated heterocycles. The standard InChI is InChI=1S/C14H14N2O.C12H15N.2C2H6/c1-3-11-5-4-6-12(9-11)7-8-13-14(17)16-10(2)15-13;1-4-10-5-6-11-8-13(3)9(2)12(11)7-10;2*1-2/h4-6,9,13,15H,2-3H2,1H3,(H,16,17);5-7H,2,4,8H2,1,3H3;2*1-2H3. The summed E-state index contributed by atoms with van der Waals surface area (Å²) in [7, 11) is 2.09. The Kier molecular flexibility index (Phi) is 12.3. The van der Waals surface area contributed by atoms with E-state index in [2.05, 4.69) is 85.7 Å². The first-order valence-corrected chi connectivity index (χ1v) is 12.3. The molecule has 0 spiro atoms. The number of rotatable bonds is 2. The second kappa shape index (κ2) is 14.6. The van der Waals surface area contributed by atoms with E-state index in [4.69, 9.17) is 0 Å². The van der Waals surface area contributed by atoms with Crippen LogP contribution in [0.4, 0.5) is 0 Å². The maximum atomic E-state index is 11.4. The van der Waals surface area contributed by atoms with Gasteiger partial charge in [-0.1, -0.05) is 90.8 Å². The van der Waals surface area contributed by atoms with Crippen LogP contribution in [0, 0.1) is 11.8 Å². The zero-order valence-corrected chi connectivity index (χ0v) is 22.0. The van der Waals surface area contributed by atoms with Gasteiger partial charge in [0.2, 0.25) is 0 Å². The molecule has 0 aromatic heterocycles. The van der Waals surface area contributed by atoms with Gasteiger partial charge in [-0.25, -0.2) is 0 Å². The third kappa shape index (κ3) is 7.85. The predicted octanol–water partition coefficient (Wildman–Crippen LogP) is 5.88. The Bertz CT molecular complexity index is 1040. The Balaban J connectivity index is 0.000000304.